The summed E-state index contributed by atoms with van der Waals surface area (Å²) in [7, 11) is 1.64. The zero-order chi connectivity index (χ0) is 17.6. The van der Waals surface area contributed by atoms with Crippen LogP contribution in [0.15, 0.2) is 58.3 Å². The average Bonchev–Trinajstić information content (AvgIpc) is 3.32. The second-order valence-electron chi connectivity index (χ2n) is 5.80. The van der Waals surface area contributed by atoms with Crippen molar-refractivity contribution in [2.45, 2.75) is 25.8 Å². The molecule has 2 aromatic heterocycles. The fourth-order valence-corrected chi connectivity index (χ4v) is 3.32. The van der Waals surface area contributed by atoms with Crippen LogP contribution in [0.2, 0.25) is 0 Å². The highest BCUT2D eigenvalue weighted by molar-refractivity contribution is 7.10. The topological polar surface area (TPSA) is 51.5 Å². The highest BCUT2D eigenvalue weighted by Gasteiger charge is 2.12. The van der Waals surface area contributed by atoms with E-state index >= 15 is 0 Å². The number of benzene rings is 1. The van der Waals surface area contributed by atoms with Gasteiger partial charge < -0.3 is 14.5 Å². The van der Waals surface area contributed by atoms with Gasteiger partial charge in [-0.1, -0.05) is 6.07 Å². The molecule has 25 heavy (non-hydrogen) atoms. The summed E-state index contributed by atoms with van der Waals surface area (Å²) in [5, 5.41) is 5.04. The second-order valence-corrected chi connectivity index (χ2v) is 6.78. The van der Waals surface area contributed by atoms with Gasteiger partial charge in [-0.3, -0.25) is 4.79 Å². The van der Waals surface area contributed by atoms with Crippen LogP contribution in [-0.4, -0.2) is 13.0 Å². The van der Waals surface area contributed by atoms with Crippen LogP contribution in [0.1, 0.15) is 30.0 Å². The Morgan fingerprint density at radius 3 is 2.68 bits per heavy atom. The SMILES string of the molecule is COc1ccc(-c2ccc(CCC(=O)NC(C)c3cccs3)o2)cc1. The molecule has 0 aliphatic carbocycles. The van der Waals surface area contributed by atoms with E-state index in [0.29, 0.717) is 12.8 Å². The fraction of sp³-hybridized carbons (Fsp3) is 0.250. The molecule has 1 unspecified atom stereocenters. The number of rotatable bonds is 7. The number of aryl methyl sites for hydroxylation is 1. The maximum Gasteiger partial charge on any atom is 0.220 e. The van der Waals surface area contributed by atoms with Gasteiger partial charge in [0.25, 0.3) is 0 Å². The van der Waals surface area contributed by atoms with Crippen molar-refractivity contribution in [2.75, 3.05) is 7.11 Å². The Balaban J connectivity index is 1.53. The molecule has 1 atom stereocenters. The normalized spacial score (nSPS) is 11.9. The molecule has 0 aliphatic rings. The lowest BCUT2D eigenvalue weighted by Gasteiger charge is -2.11. The molecule has 1 N–H and O–H groups in total. The average molecular weight is 355 g/mol. The van der Waals surface area contributed by atoms with E-state index in [9.17, 15) is 4.79 Å². The highest BCUT2D eigenvalue weighted by atomic mass is 32.1. The highest BCUT2D eigenvalue weighted by Crippen LogP contribution is 2.25. The largest absolute Gasteiger partial charge is 0.497 e. The number of amides is 1. The minimum Gasteiger partial charge on any atom is -0.497 e. The standard InChI is InChI=1S/C20H21NO3S/c1-14(19-4-3-13-25-19)21-20(22)12-10-17-9-11-18(24-17)15-5-7-16(23-2)8-6-15/h3-9,11,13-14H,10,12H2,1-2H3,(H,21,22). The fourth-order valence-electron chi connectivity index (χ4n) is 2.58. The molecule has 1 amide bonds. The molecule has 5 heteroatoms. The summed E-state index contributed by atoms with van der Waals surface area (Å²) in [5.74, 6) is 2.45. The number of hydrogen-bond donors (Lipinski definition) is 1. The van der Waals surface area contributed by atoms with Crippen molar-refractivity contribution in [1.82, 2.24) is 5.32 Å². The van der Waals surface area contributed by atoms with Crippen LogP contribution in [0.5, 0.6) is 5.75 Å². The van der Waals surface area contributed by atoms with Crippen LogP contribution in [0.4, 0.5) is 0 Å². The molecule has 0 fully saturated rings. The van der Waals surface area contributed by atoms with E-state index in [0.717, 1.165) is 27.7 Å². The summed E-state index contributed by atoms with van der Waals surface area (Å²) >= 11 is 1.65. The lowest BCUT2D eigenvalue weighted by Crippen LogP contribution is -2.26. The van der Waals surface area contributed by atoms with Crippen molar-refractivity contribution in [3.8, 4) is 17.1 Å². The molecule has 0 saturated heterocycles. The van der Waals surface area contributed by atoms with Crippen molar-refractivity contribution in [3.63, 3.8) is 0 Å². The summed E-state index contributed by atoms with van der Waals surface area (Å²) in [6.45, 7) is 2.00. The van der Waals surface area contributed by atoms with Crippen LogP contribution < -0.4 is 10.1 Å². The van der Waals surface area contributed by atoms with Gasteiger partial charge in [0.15, 0.2) is 0 Å². The maximum atomic E-state index is 12.1. The van der Waals surface area contributed by atoms with Crippen molar-refractivity contribution >= 4 is 17.2 Å². The van der Waals surface area contributed by atoms with Gasteiger partial charge in [-0.2, -0.15) is 0 Å². The number of thiophene rings is 1. The van der Waals surface area contributed by atoms with Crippen molar-refractivity contribution in [3.05, 3.63) is 64.5 Å². The van der Waals surface area contributed by atoms with Gasteiger partial charge in [-0.25, -0.2) is 0 Å². The third kappa shape index (κ3) is 4.51. The van der Waals surface area contributed by atoms with Crippen LogP contribution in [0, 0.1) is 0 Å². The van der Waals surface area contributed by atoms with Gasteiger partial charge in [-0.15, -0.1) is 11.3 Å². The minimum absolute atomic E-state index is 0.0308. The van der Waals surface area contributed by atoms with Crippen LogP contribution >= 0.6 is 11.3 Å². The molecule has 0 radical (unpaired) electrons. The molecule has 3 rings (SSSR count). The predicted octanol–water partition coefficient (Wildman–Crippen LogP) is 4.83. The van der Waals surface area contributed by atoms with Gasteiger partial charge in [-0.05, 0) is 54.8 Å². The van der Waals surface area contributed by atoms with E-state index in [1.54, 1.807) is 18.4 Å². The summed E-state index contributed by atoms with van der Waals surface area (Å²) in [4.78, 5) is 13.3. The van der Waals surface area contributed by atoms with Crippen molar-refractivity contribution < 1.29 is 13.9 Å². The Morgan fingerprint density at radius 1 is 1.20 bits per heavy atom. The smallest absolute Gasteiger partial charge is 0.220 e. The monoisotopic (exact) mass is 355 g/mol. The number of methoxy groups -OCH3 is 1. The first-order chi connectivity index (χ1) is 12.2. The number of ether oxygens (including phenoxy) is 1. The maximum absolute atomic E-state index is 12.1. The Morgan fingerprint density at radius 2 is 2.00 bits per heavy atom. The first-order valence-corrected chi connectivity index (χ1v) is 9.09. The van der Waals surface area contributed by atoms with Crippen LogP contribution in [0.25, 0.3) is 11.3 Å². The van der Waals surface area contributed by atoms with Gasteiger partial charge in [0.2, 0.25) is 5.91 Å². The van der Waals surface area contributed by atoms with Gasteiger partial charge in [0, 0.05) is 23.3 Å². The lowest BCUT2D eigenvalue weighted by molar-refractivity contribution is -0.121. The molecule has 0 spiro atoms. The van der Waals surface area contributed by atoms with Crippen LogP contribution in [0.3, 0.4) is 0 Å². The minimum atomic E-state index is 0.0308. The molecule has 130 valence electrons. The number of furan rings is 1. The van der Waals surface area contributed by atoms with Crippen LogP contribution in [-0.2, 0) is 11.2 Å². The van der Waals surface area contributed by atoms with E-state index in [4.69, 9.17) is 9.15 Å². The zero-order valence-electron chi connectivity index (χ0n) is 14.3. The van der Waals surface area contributed by atoms with Crippen molar-refractivity contribution in [2.24, 2.45) is 0 Å². The summed E-state index contributed by atoms with van der Waals surface area (Å²) in [6, 6.07) is 15.6. The zero-order valence-corrected chi connectivity index (χ0v) is 15.1. The van der Waals surface area contributed by atoms with Gasteiger partial charge in [0.1, 0.15) is 17.3 Å². The van der Waals surface area contributed by atoms with Crippen molar-refractivity contribution in [1.29, 1.82) is 0 Å². The van der Waals surface area contributed by atoms with E-state index in [2.05, 4.69) is 5.32 Å². The molecular weight excluding hydrogens is 334 g/mol. The third-order valence-corrected chi connectivity index (χ3v) is 5.04. The molecule has 3 aromatic rings. The molecular formula is C20H21NO3S. The Labute approximate surface area is 151 Å². The van der Waals surface area contributed by atoms with E-state index in [-0.39, 0.29) is 11.9 Å². The summed E-state index contributed by atoms with van der Waals surface area (Å²) in [5.41, 5.74) is 0.989. The van der Waals surface area contributed by atoms with Gasteiger partial charge >= 0.3 is 0 Å². The Hall–Kier alpha value is -2.53. The molecule has 1 aromatic carbocycles. The number of carbonyl (C=O) groups is 1. The third-order valence-electron chi connectivity index (χ3n) is 3.98. The number of carbonyl (C=O) groups excluding carboxylic acids is 1. The first kappa shape index (κ1) is 17.3. The van der Waals surface area contributed by atoms with Gasteiger partial charge in [0.05, 0.1) is 13.2 Å². The summed E-state index contributed by atoms with van der Waals surface area (Å²) < 4.78 is 11.0. The second kappa shape index (κ2) is 8.03. The quantitative estimate of drug-likeness (QED) is 0.660. The Bertz CT molecular complexity index is 806. The Kier molecular flexibility index (Phi) is 5.56. The molecule has 0 bridgehead atoms. The van der Waals surface area contributed by atoms with E-state index in [1.807, 2.05) is 60.8 Å². The number of hydrogen-bond acceptors (Lipinski definition) is 4. The molecule has 0 aliphatic heterocycles. The summed E-state index contributed by atoms with van der Waals surface area (Å²) in [6.07, 6.45) is 0.991. The number of nitrogens with one attached hydrogen (secondary N) is 1. The molecule has 4 nitrogen and oxygen atoms in total. The molecule has 2 heterocycles. The van der Waals surface area contributed by atoms with E-state index < -0.39 is 0 Å². The predicted molar refractivity (Wildman–Crippen MR) is 99.9 cm³/mol. The van der Waals surface area contributed by atoms with E-state index in [1.165, 1.54) is 0 Å². The lowest BCUT2D eigenvalue weighted by atomic mass is 10.2. The molecule has 0 saturated carbocycles. The first-order valence-electron chi connectivity index (χ1n) is 8.21.